The van der Waals surface area contributed by atoms with Crippen LogP contribution in [0.5, 0.6) is 0 Å². The van der Waals surface area contributed by atoms with Gasteiger partial charge in [0.25, 0.3) is 0 Å². The maximum absolute atomic E-state index is 4.79. The number of rotatable bonds is 5. The van der Waals surface area contributed by atoms with Gasteiger partial charge in [-0.2, -0.15) is 10.2 Å². The van der Waals surface area contributed by atoms with Crippen LogP contribution in [0.3, 0.4) is 0 Å². The molecule has 0 radical (unpaired) electrons. The van der Waals surface area contributed by atoms with Crippen LogP contribution in [0.15, 0.2) is 78.6 Å². The first-order valence-electron chi connectivity index (χ1n) is 8.35. The number of hydrogen-bond donors (Lipinski definition) is 0. The number of aromatic nitrogens is 5. The molecule has 0 N–H and O–H groups in total. The molecule has 6 heteroatoms. The Labute approximate surface area is 151 Å². The molecule has 0 amide bonds. The second-order valence-electron chi connectivity index (χ2n) is 6.07. The van der Waals surface area contributed by atoms with Gasteiger partial charge in [0.05, 0.1) is 12.8 Å². The average Bonchev–Trinajstić information content (AvgIpc) is 3.31. The summed E-state index contributed by atoms with van der Waals surface area (Å²) in [6.07, 6.45) is 6.90. The first-order valence-corrected chi connectivity index (χ1v) is 8.35. The Balaban J connectivity index is 1.70. The highest BCUT2D eigenvalue weighted by Gasteiger charge is 2.10. The third-order valence-electron chi connectivity index (χ3n) is 4.04. The maximum atomic E-state index is 4.79. The van der Waals surface area contributed by atoms with Crippen molar-refractivity contribution in [3.05, 3.63) is 90.1 Å². The molecule has 0 saturated carbocycles. The van der Waals surface area contributed by atoms with Crippen LogP contribution in [0, 0.1) is 6.92 Å². The van der Waals surface area contributed by atoms with E-state index < -0.39 is 0 Å². The first kappa shape index (κ1) is 16.0. The smallest absolute Gasteiger partial charge is 0.141 e. The zero-order valence-electron chi connectivity index (χ0n) is 14.4. The van der Waals surface area contributed by atoms with E-state index >= 15 is 0 Å². The van der Waals surface area contributed by atoms with E-state index in [0.717, 1.165) is 16.8 Å². The lowest BCUT2D eigenvalue weighted by molar-refractivity contribution is 0.689. The fourth-order valence-electron chi connectivity index (χ4n) is 2.70. The van der Waals surface area contributed by atoms with Crippen molar-refractivity contribution in [2.24, 2.45) is 5.10 Å². The highest BCUT2D eigenvalue weighted by Crippen LogP contribution is 2.22. The molecule has 0 bridgehead atoms. The third kappa shape index (κ3) is 3.59. The minimum atomic E-state index is 0.709. The van der Waals surface area contributed by atoms with Crippen LogP contribution in [0.2, 0.25) is 0 Å². The van der Waals surface area contributed by atoms with Gasteiger partial charge >= 0.3 is 0 Å². The topological polar surface area (TPSA) is 60.9 Å². The fourth-order valence-corrected chi connectivity index (χ4v) is 2.70. The second-order valence-corrected chi connectivity index (χ2v) is 6.07. The van der Waals surface area contributed by atoms with Gasteiger partial charge in [-0.15, -0.1) is 10.2 Å². The van der Waals surface area contributed by atoms with E-state index in [4.69, 9.17) is 5.10 Å². The van der Waals surface area contributed by atoms with Crippen molar-refractivity contribution in [2.75, 3.05) is 0 Å². The summed E-state index contributed by atoms with van der Waals surface area (Å²) in [6, 6.07) is 18.6. The molecule has 26 heavy (non-hydrogen) atoms. The highest BCUT2D eigenvalue weighted by molar-refractivity contribution is 5.88. The molecule has 0 aliphatic rings. The van der Waals surface area contributed by atoms with Crippen molar-refractivity contribution in [1.82, 2.24) is 24.7 Å². The molecule has 0 saturated heterocycles. The molecule has 6 nitrogen and oxygen atoms in total. The summed E-state index contributed by atoms with van der Waals surface area (Å²) in [4.78, 5) is 0. The molecule has 0 spiro atoms. The lowest BCUT2D eigenvalue weighted by Gasteiger charge is -2.02. The number of nitrogens with zero attached hydrogens (tertiary/aromatic N) is 6. The van der Waals surface area contributed by atoms with Gasteiger partial charge < -0.3 is 0 Å². The fraction of sp³-hybridized carbons (Fsp3) is 0.100. The van der Waals surface area contributed by atoms with E-state index in [2.05, 4.69) is 58.6 Å². The zero-order chi connectivity index (χ0) is 17.8. The van der Waals surface area contributed by atoms with Gasteiger partial charge in [0.15, 0.2) is 0 Å². The van der Waals surface area contributed by atoms with E-state index in [0.29, 0.717) is 6.54 Å². The van der Waals surface area contributed by atoms with Gasteiger partial charge in [0.1, 0.15) is 18.3 Å². The van der Waals surface area contributed by atoms with Crippen LogP contribution in [0.25, 0.3) is 11.3 Å². The Bertz CT molecular complexity index is 998. The Morgan fingerprint density at radius 1 is 0.962 bits per heavy atom. The summed E-state index contributed by atoms with van der Waals surface area (Å²) < 4.78 is 3.51. The van der Waals surface area contributed by atoms with Crippen LogP contribution >= 0.6 is 0 Å². The first-order chi connectivity index (χ1) is 12.8. The molecule has 0 fully saturated rings. The molecular formula is C20H18N6. The predicted octanol–water partition coefficient (Wildman–Crippen LogP) is 3.38. The van der Waals surface area contributed by atoms with Crippen LogP contribution in [-0.2, 0) is 6.54 Å². The summed E-state index contributed by atoms with van der Waals surface area (Å²) in [7, 11) is 0. The zero-order valence-corrected chi connectivity index (χ0v) is 14.4. The van der Waals surface area contributed by atoms with E-state index in [9.17, 15) is 0 Å². The summed E-state index contributed by atoms with van der Waals surface area (Å²) in [5, 5.41) is 16.7. The number of hydrogen-bond acceptors (Lipinski definition) is 4. The molecular weight excluding hydrogens is 324 g/mol. The van der Waals surface area contributed by atoms with Gasteiger partial charge in [0, 0.05) is 17.3 Å². The Hall–Kier alpha value is -3.54. The molecule has 128 valence electrons. The Morgan fingerprint density at radius 2 is 1.69 bits per heavy atom. The van der Waals surface area contributed by atoms with Crippen LogP contribution < -0.4 is 0 Å². The Morgan fingerprint density at radius 3 is 2.42 bits per heavy atom. The van der Waals surface area contributed by atoms with E-state index in [1.807, 2.05) is 29.1 Å². The molecule has 2 aromatic heterocycles. The predicted molar refractivity (Wildman–Crippen MR) is 101 cm³/mol. The molecule has 2 heterocycles. The van der Waals surface area contributed by atoms with E-state index in [-0.39, 0.29) is 0 Å². The van der Waals surface area contributed by atoms with Gasteiger partial charge in [-0.05, 0) is 12.5 Å². The van der Waals surface area contributed by atoms with Crippen LogP contribution in [0.1, 0.15) is 16.7 Å². The van der Waals surface area contributed by atoms with Gasteiger partial charge in [0.2, 0.25) is 0 Å². The lowest BCUT2D eigenvalue weighted by atomic mass is 10.1. The number of aryl methyl sites for hydroxylation is 1. The van der Waals surface area contributed by atoms with Crippen molar-refractivity contribution in [3.8, 4) is 11.3 Å². The molecule has 0 unspecified atom stereocenters. The van der Waals surface area contributed by atoms with Crippen molar-refractivity contribution < 1.29 is 0 Å². The van der Waals surface area contributed by atoms with Crippen molar-refractivity contribution >= 4 is 6.21 Å². The molecule has 2 aromatic carbocycles. The normalized spacial score (nSPS) is 11.3. The average molecular weight is 342 g/mol. The molecule has 0 aliphatic heterocycles. The van der Waals surface area contributed by atoms with E-state index in [1.54, 1.807) is 23.5 Å². The monoisotopic (exact) mass is 342 g/mol. The van der Waals surface area contributed by atoms with Crippen molar-refractivity contribution in [1.29, 1.82) is 0 Å². The van der Waals surface area contributed by atoms with Crippen LogP contribution in [0.4, 0.5) is 0 Å². The summed E-state index contributed by atoms with van der Waals surface area (Å²) >= 11 is 0. The molecule has 0 atom stereocenters. The third-order valence-corrected chi connectivity index (χ3v) is 4.04. The van der Waals surface area contributed by atoms with Gasteiger partial charge in [-0.1, -0.05) is 60.2 Å². The maximum Gasteiger partial charge on any atom is 0.141 e. The number of benzene rings is 2. The van der Waals surface area contributed by atoms with Gasteiger partial charge in [-0.3, -0.25) is 4.68 Å². The molecule has 0 aliphatic carbocycles. The quantitative estimate of drug-likeness (QED) is 0.522. The highest BCUT2D eigenvalue weighted by atomic mass is 15.4. The van der Waals surface area contributed by atoms with Crippen LogP contribution in [-0.4, -0.2) is 30.9 Å². The van der Waals surface area contributed by atoms with Gasteiger partial charge in [-0.25, -0.2) is 4.68 Å². The summed E-state index contributed by atoms with van der Waals surface area (Å²) in [6.45, 7) is 2.78. The minimum absolute atomic E-state index is 0.709. The largest absolute Gasteiger partial charge is 0.267 e. The summed E-state index contributed by atoms with van der Waals surface area (Å²) in [5.74, 6) is 0. The SMILES string of the molecule is Cc1ccc(-c2nn(Cc3ccccc3)cc2/C=N\n2cnnc2)cc1. The lowest BCUT2D eigenvalue weighted by Crippen LogP contribution is -2.00. The minimum Gasteiger partial charge on any atom is -0.267 e. The van der Waals surface area contributed by atoms with E-state index in [1.165, 1.54) is 11.1 Å². The Kier molecular flexibility index (Phi) is 4.38. The summed E-state index contributed by atoms with van der Waals surface area (Å²) in [5.41, 5.74) is 5.33. The standard InChI is InChI=1S/C20H18N6/c1-16-7-9-18(10-8-16)20-19(11-23-26-14-21-22-15-26)13-25(24-20)12-17-5-3-2-4-6-17/h2-11,13-15H,12H2,1H3/b23-11-. The van der Waals surface area contributed by atoms with Crippen molar-refractivity contribution in [3.63, 3.8) is 0 Å². The molecule has 4 rings (SSSR count). The second kappa shape index (κ2) is 7.14. The van der Waals surface area contributed by atoms with Crippen molar-refractivity contribution in [2.45, 2.75) is 13.5 Å². The molecule has 4 aromatic rings.